The molecule has 0 N–H and O–H groups in total. The number of quaternary nitrogens is 1. The molecule has 0 aliphatic carbocycles. The molecule has 4 aromatic rings. The Morgan fingerprint density at radius 3 is 2.11 bits per heavy atom. The molecular weight excluding hydrogens is 435 g/mol. The van der Waals surface area contributed by atoms with E-state index in [4.69, 9.17) is 0 Å². The van der Waals surface area contributed by atoms with Gasteiger partial charge in [-0.15, -0.1) is 6.58 Å². The second kappa shape index (κ2) is 8.79. The summed E-state index contributed by atoms with van der Waals surface area (Å²) >= 11 is 0. The Balaban J connectivity index is 1.84. The molecule has 5 rings (SSSR count). The van der Waals surface area contributed by atoms with Crippen LogP contribution in [0.15, 0.2) is 97.1 Å². The second-order valence-corrected chi connectivity index (χ2v) is 9.61. The highest BCUT2D eigenvalue weighted by Crippen LogP contribution is 2.51. The number of benzene rings is 3. The van der Waals surface area contributed by atoms with Crippen LogP contribution in [0.2, 0.25) is 0 Å². The minimum Gasteiger partial charge on any atom is -0.338 e. The Labute approximate surface area is 206 Å². The van der Waals surface area contributed by atoms with E-state index in [1.54, 1.807) is 0 Å². The third-order valence-electron chi connectivity index (χ3n) is 7.34. The highest BCUT2D eigenvalue weighted by atomic mass is 19.1. The molecule has 1 aromatic heterocycles. The summed E-state index contributed by atoms with van der Waals surface area (Å²) in [5, 5.41) is 0. The number of hydrogen-bond donors (Lipinski definition) is 0. The van der Waals surface area contributed by atoms with E-state index in [1.165, 1.54) is 12.1 Å². The van der Waals surface area contributed by atoms with Gasteiger partial charge in [0.05, 0.1) is 18.4 Å². The van der Waals surface area contributed by atoms with E-state index >= 15 is 0 Å². The first kappa shape index (κ1) is 23.0. The van der Waals surface area contributed by atoms with Crippen LogP contribution >= 0.6 is 0 Å². The van der Waals surface area contributed by atoms with Crippen LogP contribution in [0.3, 0.4) is 0 Å². The van der Waals surface area contributed by atoms with Gasteiger partial charge in [-0.05, 0) is 67.8 Å². The predicted molar refractivity (Wildman–Crippen MR) is 142 cm³/mol. The molecule has 35 heavy (non-hydrogen) atoms. The predicted octanol–water partition coefficient (Wildman–Crippen LogP) is 7.78. The summed E-state index contributed by atoms with van der Waals surface area (Å²) in [6, 6.07) is 26.6. The molecule has 4 heteroatoms. The van der Waals surface area contributed by atoms with Gasteiger partial charge in [-0.1, -0.05) is 54.1 Å². The summed E-state index contributed by atoms with van der Waals surface area (Å²) in [6.45, 7) is 8.98. The molecule has 0 saturated carbocycles. The van der Waals surface area contributed by atoms with Crippen molar-refractivity contribution in [3.05, 3.63) is 114 Å². The van der Waals surface area contributed by atoms with Crippen molar-refractivity contribution in [2.24, 2.45) is 0 Å². The lowest BCUT2D eigenvalue weighted by Crippen LogP contribution is -2.48. The number of nitrogens with zero attached hydrogens (tertiary/aromatic N) is 2. The SMILES string of the molecule is C=C(C)CCn1c(-c2ccc(F)cc2)c(-c2ccccc2)c2c1C(C)[N+](C)(c1ccccc1)C2=O. The van der Waals surface area contributed by atoms with Crippen LogP contribution in [0.25, 0.3) is 22.4 Å². The Morgan fingerprint density at radius 2 is 1.51 bits per heavy atom. The van der Waals surface area contributed by atoms with Gasteiger partial charge in [-0.3, -0.25) is 0 Å². The molecule has 0 radical (unpaired) electrons. The zero-order chi connectivity index (χ0) is 24.7. The molecular formula is C31H30FN2O+. The number of allylic oxidation sites excluding steroid dienone is 1. The lowest BCUT2D eigenvalue weighted by Gasteiger charge is -2.32. The van der Waals surface area contributed by atoms with Gasteiger partial charge in [0.2, 0.25) is 0 Å². The molecule has 2 atom stereocenters. The van der Waals surface area contributed by atoms with Crippen LogP contribution in [0, 0.1) is 5.82 Å². The average Bonchev–Trinajstić information content (AvgIpc) is 3.31. The minimum absolute atomic E-state index is 0.0787. The van der Waals surface area contributed by atoms with Crippen molar-refractivity contribution in [2.75, 3.05) is 7.05 Å². The summed E-state index contributed by atoms with van der Waals surface area (Å²) in [4.78, 5) is 14.4. The average molecular weight is 466 g/mol. The van der Waals surface area contributed by atoms with E-state index in [2.05, 4.69) is 30.2 Å². The molecule has 1 aliphatic heterocycles. The van der Waals surface area contributed by atoms with E-state index in [0.29, 0.717) is 6.54 Å². The molecule has 2 heterocycles. The van der Waals surface area contributed by atoms with Gasteiger partial charge in [-0.2, -0.15) is 0 Å². The second-order valence-electron chi connectivity index (χ2n) is 9.61. The maximum Gasteiger partial charge on any atom is 0.353 e. The Hall–Kier alpha value is -3.76. The van der Waals surface area contributed by atoms with Crippen LogP contribution in [-0.2, 0) is 6.54 Å². The number of rotatable bonds is 6. The fourth-order valence-electron chi connectivity index (χ4n) is 5.35. The van der Waals surface area contributed by atoms with Gasteiger partial charge >= 0.3 is 5.91 Å². The van der Waals surface area contributed by atoms with Gasteiger partial charge in [0.1, 0.15) is 23.1 Å². The lowest BCUT2D eigenvalue weighted by atomic mass is 9.97. The number of fused-ring (bicyclic) bond motifs is 1. The molecule has 3 nitrogen and oxygen atoms in total. The highest BCUT2D eigenvalue weighted by molar-refractivity contribution is 6.13. The number of para-hydroxylation sites is 1. The molecule has 0 fully saturated rings. The normalized spacial score (nSPS) is 19.1. The zero-order valence-corrected chi connectivity index (χ0v) is 20.5. The molecule has 0 bridgehead atoms. The minimum atomic E-state index is -0.277. The van der Waals surface area contributed by atoms with Crippen LogP contribution < -0.4 is 4.48 Å². The van der Waals surface area contributed by atoms with Gasteiger partial charge in [0.25, 0.3) is 0 Å². The summed E-state index contributed by atoms with van der Waals surface area (Å²) in [7, 11) is 2.01. The van der Waals surface area contributed by atoms with Gasteiger partial charge < -0.3 is 4.57 Å². The third kappa shape index (κ3) is 3.65. The number of amides is 1. The zero-order valence-electron chi connectivity index (χ0n) is 20.5. The van der Waals surface area contributed by atoms with E-state index in [-0.39, 0.29) is 22.2 Å². The maximum atomic E-state index is 14.4. The number of carbonyl (C=O) groups excluding carboxylic acids is 1. The quantitative estimate of drug-likeness (QED) is 0.210. The molecule has 2 unspecified atom stereocenters. The highest BCUT2D eigenvalue weighted by Gasteiger charge is 2.54. The summed E-state index contributed by atoms with van der Waals surface area (Å²) in [5.74, 6) is -0.199. The maximum absolute atomic E-state index is 14.4. The largest absolute Gasteiger partial charge is 0.353 e. The molecule has 3 aromatic carbocycles. The van der Waals surface area contributed by atoms with E-state index < -0.39 is 0 Å². The fraction of sp³-hybridized carbons (Fsp3) is 0.194. The van der Waals surface area contributed by atoms with Crippen LogP contribution in [0.1, 0.15) is 42.4 Å². The van der Waals surface area contributed by atoms with Crippen LogP contribution in [-0.4, -0.2) is 17.5 Å². The van der Waals surface area contributed by atoms with Crippen LogP contribution in [0.4, 0.5) is 10.1 Å². The standard InChI is InChI=1S/C31H30FN2O/c1-21(2)19-20-33-29-22(3)34(4,26-13-9-6-10-14-26)31(35)28(29)27(23-11-7-5-8-12-23)30(33)24-15-17-25(32)18-16-24/h5-18,22H,1,19-20H2,2-4H3/q+1. The van der Waals surface area contributed by atoms with Crippen molar-refractivity contribution in [2.45, 2.75) is 32.9 Å². The van der Waals surface area contributed by atoms with Crippen molar-refractivity contribution < 1.29 is 9.18 Å². The van der Waals surface area contributed by atoms with Gasteiger partial charge in [0, 0.05) is 12.1 Å². The monoisotopic (exact) mass is 465 g/mol. The number of carbonyl (C=O) groups is 1. The molecule has 1 aliphatic rings. The molecule has 1 amide bonds. The van der Waals surface area contributed by atoms with E-state index in [0.717, 1.165) is 51.3 Å². The Morgan fingerprint density at radius 1 is 0.914 bits per heavy atom. The van der Waals surface area contributed by atoms with E-state index in [9.17, 15) is 9.18 Å². The fourth-order valence-corrected chi connectivity index (χ4v) is 5.35. The number of hydrogen-bond acceptors (Lipinski definition) is 1. The molecule has 0 spiro atoms. The van der Waals surface area contributed by atoms with Crippen molar-refractivity contribution in [3.63, 3.8) is 0 Å². The smallest absolute Gasteiger partial charge is 0.338 e. The van der Waals surface area contributed by atoms with Crippen molar-refractivity contribution >= 4 is 11.6 Å². The summed E-state index contributed by atoms with van der Waals surface area (Å²) in [5.41, 5.74) is 7.60. The van der Waals surface area contributed by atoms with Gasteiger partial charge in [0.15, 0.2) is 0 Å². The summed E-state index contributed by atoms with van der Waals surface area (Å²) in [6.07, 6.45) is 0.791. The number of halogens is 1. The topological polar surface area (TPSA) is 22.0 Å². The third-order valence-corrected chi connectivity index (χ3v) is 7.34. The van der Waals surface area contributed by atoms with Crippen molar-refractivity contribution in [1.82, 2.24) is 9.05 Å². The number of aromatic nitrogens is 1. The lowest BCUT2D eigenvalue weighted by molar-refractivity contribution is 0.0788. The first-order valence-corrected chi connectivity index (χ1v) is 12.0. The molecule has 176 valence electrons. The van der Waals surface area contributed by atoms with Crippen molar-refractivity contribution in [3.8, 4) is 22.4 Å². The van der Waals surface area contributed by atoms with Crippen LogP contribution in [0.5, 0.6) is 0 Å². The van der Waals surface area contributed by atoms with Crippen molar-refractivity contribution in [1.29, 1.82) is 0 Å². The van der Waals surface area contributed by atoms with E-state index in [1.807, 2.05) is 74.6 Å². The summed E-state index contributed by atoms with van der Waals surface area (Å²) < 4.78 is 16.3. The Bertz CT molecular complexity index is 1400. The Kier molecular flexibility index (Phi) is 5.78. The first-order chi connectivity index (χ1) is 16.8. The first-order valence-electron chi connectivity index (χ1n) is 12.0. The van der Waals surface area contributed by atoms with Gasteiger partial charge in [-0.25, -0.2) is 13.7 Å². The molecule has 0 saturated heterocycles.